The summed E-state index contributed by atoms with van der Waals surface area (Å²) >= 11 is 0. The van der Waals surface area contributed by atoms with Gasteiger partial charge in [-0.3, -0.25) is 9.59 Å². The number of hydrogen-bond acceptors (Lipinski definition) is 4. The molecule has 1 N–H and O–H groups in total. The molecule has 1 saturated carbocycles. The van der Waals surface area contributed by atoms with Crippen LogP contribution < -0.4 is 10.7 Å². The van der Waals surface area contributed by atoms with Crippen LogP contribution in [0.5, 0.6) is 0 Å². The van der Waals surface area contributed by atoms with Crippen LogP contribution in [0.1, 0.15) is 61.0 Å². The number of amides is 1. The minimum Gasteiger partial charge on any atom is -0.349 e. The molecule has 0 saturated heterocycles. The molecule has 2 heterocycles. The lowest BCUT2D eigenvalue weighted by molar-refractivity contribution is 0.0908. The number of nitrogens with zero attached hydrogens (tertiary/aromatic N) is 2. The van der Waals surface area contributed by atoms with Crippen LogP contribution in [0.15, 0.2) is 58.4 Å². The fraction of sp³-hybridized carbons (Fsp3) is 0.429. The van der Waals surface area contributed by atoms with Crippen LogP contribution in [0.4, 0.5) is 0 Å². The van der Waals surface area contributed by atoms with E-state index in [1.165, 1.54) is 10.4 Å². The first kappa shape index (κ1) is 24.7. The number of benzene rings is 2. The predicted molar refractivity (Wildman–Crippen MR) is 141 cm³/mol. The zero-order chi connectivity index (χ0) is 25.4. The van der Waals surface area contributed by atoms with E-state index in [4.69, 9.17) is 0 Å². The number of carbonyl (C=O) groups is 1. The normalized spacial score (nSPS) is 20.7. The summed E-state index contributed by atoms with van der Waals surface area (Å²) < 4.78 is 30.4. The van der Waals surface area contributed by atoms with Crippen LogP contribution in [0.2, 0.25) is 0 Å². The van der Waals surface area contributed by atoms with E-state index >= 15 is 0 Å². The number of aromatic nitrogens is 1. The molecule has 8 heteroatoms. The number of fused-ring (bicyclic) bond motifs is 2. The molecule has 0 radical (unpaired) electrons. The molecule has 0 bridgehead atoms. The highest BCUT2D eigenvalue weighted by Crippen LogP contribution is 2.27. The first-order valence-electron chi connectivity index (χ1n) is 12.8. The van der Waals surface area contributed by atoms with E-state index in [2.05, 4.69) is 12.2 Å². The molecule has 5 rings (SSSR count). The van der Waals surface area contributed by atoms with E-state index < -0.39 is 15.5 Å². The van der Waals surface area contributed by atoms with Crippen molar-refractivity contribution in [1.29, 1.82) is 0 Å². The molecule has 2 aliphatic rings. The van der Waals surface area contributed by atoms with Gasteiger partial charge in [0.2, 0.25) is 15.5 Å². The minimum atomic E-state index is -3.81. The van der Waals surface area contributed by atoms with Gasteiger partial charge in [-0.2, -0.15) is 4.31 Å². The molecule has 1 amide bonds. The third-order valence-electron chi connectivity index (χ3n) is 7.80. The van der Waals surface area contributed by atoms with Crippen molar-refractivity contribution in [2.45, 2.75) is 70.0 Å². The molecule has 1 aromatic heterocycles. The Bertz CT molecular complexity index is 1480. The number of carbonyl (C=O) groups excluding carboxylic acids is 1. The highest BCUT2D eigenvalue weighted by atomic mass is 32.2. The standard InChI is InChI=1S/C28H33N3O4S/c1-3-30-18-24(28(33)29-25-11-7-4-8-19(25)2)27(32)23-16-22(12-13-26(23)30)36(34,35)31-15-14-20-9-5-6-10-21(20)17-31/h5-6,9-10,12-13,16,18-19,25H,3-4,7-8,11,14-15,17H2,1-2H3,(H,29,33)/t19-,25+/m1/s1. The van der Waals surface area contributed by atoms with Crippen molar-refractivity contribution in [2.24, 2.45) is 5.92 Å². The number of rotatable bonds is 5. The van der Waals surface area contributed by atoms with Crippen LogP contribution >= 0.6 is 0 Å². The Kier molecular flexibility index (Phi) is 6.74. The van der Waals surface area contributed by atoms with Gasteiger partial charge in [-0.1, -0.05) is 44.0 Å². The number of aryl methyl sites for hydroxylation is 1. The number of hydrogen-bond donors (Lipinski definition) is 1. The lowest BCUT2D eigenvalue weighted by atomic mass is 9.86. The second kappa shape index (κ2) is 9.82. The molecule has 0 unspecified atom stereocenters. The van der Waals surface area contributed by atoms with Gasteiger partial charge in [0.05, 0.1) is 10.4 Å². The van der Waals surface area contributed by atoms with Crippen LogP contribution in [0, 0.1) is 5.92 Å². The average molecular weight is 508 g/mol. The van der Waals surface area contributed by atoms with Crippen molar-refractivity contribution in [3.05, 3.63) is 75.6 Å². The third kappa shape index (κ3) is 4.48. The Hall–Kier alpha value is -2.97. The summed E-state index contributed by atoms with van der Waals surface area (Å²) in [5.41, 5.74) is 2.40. The Morgan fingerprint density at radius 3 is 2.58 bits per heavy atom. The van der Waals surface area contributed by atoms with Gasteiger partial charge in [0, 0.05) is 37.3 Å². The maximum absolute atomic E-state index is 13.6. The molecule has 190 valence electrons. The molecule has 7 nitrogen and oxygen atoms in total. The summed E-state index contributed by atoms with van der Waals surface area (Å²) in [4.78, 5) is 26.8. The summed E-state index contributed by atoms with van der Waals surface area (Å²) in [6.07, 6.45) is 6.44. The molecular weight excluding hydrogens is 474 g/mol. The number of nitrogens with one attached hydrogen (secondary N) is 1. The molecule has 3 aromatic rings. The molecule has 1 aliphatic heterocycles. The second-order valence-electron chi connectivity index (χ2n) is 10.0. The summed E-state index contributed by atoms with van der Waals surface area (Å²) in [6.45, 7) is 5.30. The van der Waals surface area contributed by atoms with Crippen LogP contribution in [-0.4, -0.2) is 35.8 Å². The maximum atomic E-state index is 13.6. The van der Waals surface area contributed by atoms with Crippen LogP contribution in [-0.2, 0) is 29.5 Å². The highest BCUT2D eigenvalue weighted by Gasteiger charge is 2.29. The predicted octanol–water partition coefficient (Wildman–Crippen LogP) is 4.08. The smallest absolute Gasteiger partial charge is 0.256 e. The van der Waals surface area contributed by atoms with E-state index in [0.717, 1.165) is 36.8 Å². The van der Waals surface area contributed by atoms with E-state index in [1.807, 2.05) is 35.8 Å². The van der Waals surface area contributed by atoms with Crippen molar-refractivity contribution < 1.29 is 13.2 Å². The van der Waals surface area contributed by atoms with Gasteiger partial charge < -0.3 is 9.88 Å². The van der Waals surface area contributed by atoms with E-state index in [0.29, 0.717) is 37.5 Å². The van der Waals surface area contributed by atoms with Crippen molar-refractivity contribution in [2.75, 3.05) is 6.54 Å². The average Bonchev–Trinajstić information content (AvgIpc) is 2.89. The minimum absolute atomic E-state index is 0.0464. The molecular formula is C28H33N3O4S. The summed E-state index contributed by atoms with van der Waals surface area (Å²) in [7, 11) is -3.81. The topological polar surface area (TPSA) is 88.5 Å². The summed E-state index contributed by atoms with van der Waals surface area (Å²) in [5.74, 6) is -0.0216. The molecule has 0 spiro atoms. The van der Waals surface area contributed by atoms with Gasteiger partial charge in [-0.05, 0) is 61.4 Å². The molecule has 36 heavy (non-hydrogen) atoms. The molecule has 1 aliphatic carbocycles. The summed E-state index contributed by atoms with van der Waals surface area (Å²) in [5, 5.41) is 3.32. The first-order chi connectivity index (χ1) is 17.3. The Morgan fingerprint density at radius 2 is 1.83 bits per heavy atom. The van der Waals surface area contributed by atoms with Gasteiger partial charge in [0.25, 0.3) is 5.91 Å². The van der Waals surface area contributed by atoms with Gasteiger partial charge >= 0.3 is 0 Å². The van der Waals surface area contributed by atoms with Crippen molar-refractivity contribution >= 4 is 26.8 Å². The van der Waals surface area contributed by atoms with Crippen LogP contribution in [0.25, 0.3) is 10.9 Å². The SMILES string of the molecule is CCn1cc(C(=O)N[C@H]2CCCC[C@H]2C)c(=O)c2cc(S(=O)(=O)N3CCc4ccccc4C3)ccc21. The lowest BCUT2D eigenvalue weighted by Crippen LogP contribution is -2.42. The fourth-order valence-electron chi connectivity index (χ4n) is 5.56. The number of sulfonamides is 1. The third-order valence-corrected chi connectivity index (χ3v) is 9.64. The van der Waals surface area contributed by atoms with Crippen molar-refractivity contribution in [1.82, 2.24) is 14.2 Å². The Balaban J connectivity index is 1.51. The van der Waals surface area contributed by atoms with Gasteiger partial charge in [0.15, 0.2) is 0 Å². The van der Waals surface area contributed by atoms with E-state index in [9.17, 15) is 18.0 Å². The lowest BCUT2D eigenvalue weighted by Gasteiger charge is -2.29. The van der Waals surface area contributed by atoms with Gasteiger partial charge in [-0.15, -0.1) is 0 Å². The van der Waals surface area contributed by atoms with E-state index in [1.54, 1.807) is 18.3 Å². The van der Waals surface area contributed by atoms with Crippen molar-refractivity contribution in [3.63, 3.8) is 0 Å². The monoisotopic (exact) mass is 507 g/mol. The summed E-state index contributed by atoms with van der Waals surface area (Å²) in [6, 6.07) is 12.6. The quantitative estimate of drug-likeness (QED) is 0.564. The zero-order valence-corrected chi connectivity index (χ0v) is 21.7. The molecule has 1 fully saturated rings. The fourth-order valence-corrected chi connectivity index (χ4v) is 7.01. The highest BCUT2D eigenvalue weighted by molar-refractivity contribution is 7.89. The van der Waals surface area contributed by atoms with Crippen LogP contribution in [0.3, 0.4) is 0 Å². The maximum Gasteiger partial charge on any atom is 0.256 e. The van der Waals surface area contributed by atoms with Crippen molar-refractivity contribution in [3.8, 4) is 0 Å². The molecule has 2 aromatic carbocycles. The largest absolute Gasteiger partial charge is 0.349 e. The molecule has 2 atom stereocenters. The number of pyridine rings is 1. The Labute approximate surface area is 212 Å². The Morgan fingerprint density at radius 1 is 1.08 bits per heavy atom. The van der Waals surface area contributed by atoms with E-state index in [-0.39, 0.29) is 27.8 Å². The van der Waals surface area contributed by atoms with Gasteiger partial charge in [0.1, 0.15) is 5.56 Å². The zero-order valence-electron chi connectivity index (χ0n) is 20.9. The van der Waals surface area contributed by atoms with Gasteiger partial charge in [-0.25, -0.2) is 8.42 Å². The first-order valence-corrected chi connectivity index (χ1v) is 14.3. The second-order valence-corrected chi connectivity index (χ2v) is 12.0.